The third-order valence-corrected chi connectivity index (χ3v) is 3.72. The maximum absolute atomic E-state index is 12.5. The molecule has 2 aromatic rings. The van der Waals surface area contributed by atoms with Crippen LogP contribution in [0.1, 0.15) is 46.6 Å². The molecule has 1 amide bonds. The summed E-state index contributed by atoms with van der Waals surface area (Å²) < 4.78 is 39.3. The molecule has 0 bridgehead atoms. The minimum absolute atomic E-state index is 0.109. The van der Waals surface area contributed by atoms with E-state index in [9.17, 15) is 23.1 Å². The van der Waals surface area contributed by atoms with Crippen LogP contribution in [0.2, 0.25) is 0 Å². The van der Waals surface area contributed by atoms with Gasteiger partial charge in [0.15, 0.2) is 0 Å². The van der Waals surface area contributed by atoms with E-state index in [4.69, 9.17) is 0 Å². The smallest absolute Gasteiger partial charge is 0.387 e. The third-order valence-electron chi connectivity index (χ3n) is 3.72. The summed E-state index contributed by atoms with van der Waals surface area (Å²) in [6.07, 6.45) is -3.00. The molecule has 0 saturated carbocycles. The number of alkyl halides is 3. The molecule has 2 rings (SSSR count). The molecule has 136 valence electrons. The van der Waals surface area contributed by atoms with Crippen LogP contribution >= 0.6 is 0 Å². The first-order valence-corrected chi connectivity index (χ1v) is 7.89. The number of aliphatic hydroxyl groups is 1. The van der Waals surface area contributed by atoms with Gasteiger partial charge in [-0.1, -0.05) is 19.1 Å². The highest BCUT2D eigenvalue weighted by atomic mass is 19.4. The molecule has 1 atom stereocenters. The quantitative estimate of drug-likeness (QED) is 0.837. The van der Waals surface area contributed by atoms with Gasteiger partial charge in [0.1, 0.15) is 0 Å². The van der Waals surface area contributed by atoms with Gasteiger partial charge in [0.2, 0.25) is 0 Å². The fourth-order valence-electron chi connectivity index (χ4n) is 2.38. The lowest BCUT2D eigenvalue weighted by Gasteiger charge is -2.13. The molecule has 1 aromatic heterocycles. The number of rotatable bonds is 6. The highest BCUT2D eigenvalue weighted by molar-refractivity contribution is 5.95. The fraction of sp³-hybridized carbons (Fsp3) is 0.412. The lowest BCUT2D eigenvalue weighted by Crippen LogP contribution is -2.28. The maximum Gasteiger partial charge on any atom is 0.416 e. The van der Waals surface area contributed by atoms with E-state index in [1.54, 1.807) is 17.8 Å². The molecule has 0 aliphatic rings. The number of carbonyl (C=O) groups excluding carboxylic acids is 1. The molecular formula is C17H20F3N3O2. The Morgan fingerprint density at radius 1 is 1.32 bits per heavy atom. The molecule has 0 aliphatic carbocycles. The van der Waals surface area contributed by atoms with E-state index in [1.807, 2.05) is 6.92 Å². The third kappa shape index (κ3) is 4.82. The summed E-state index contributed by atoms with van der Waals surface area (Å²) in [5, 5.41) is 16.9. The zero-order valence-electron chi connectivity index (χ0n) is 14.0. The number of nitrogens with zero attached hydrogens (tertiary/aromatic N) is 2. The van der Waals surface area contributed by atoms with Gasteiger partial charge in [0.05, 0.1) is 22.9 Å². The van der Waals surface area contributed by atoms with Crippen molar-refractivity contribution in [1.29, 1.82) is 0 Å². The van der Waals surface area contributed by atoms with Crippen LogP contribution in [0, 0.1) is 6.92 Å². The molecule has 0 spiro atoms. The molecule has 1 aromatic carbocycles. The molecular weight excluding hydrogens is 335 g/mol. The van der Waals surface area contributed by atoms with Crippen molar-refractivity contribution >= 4 is 5.91 Å². The van der Waals surface area contributed by atoms with Crippen LogP contribution in [-0.2, 0) is 12.7 Å². The lowest BCUT2D eigenvalue weighted by atomic mass is 10.1. The first-order valence-electron chi connectivity index (χ1n) is 7.89. The average molecular weight is 355 g/mol. The Hall–Kier alpha value is -2.35. The molecule has 8 heteroatoms. The average Bonchev–Trinajstić information content (AvgIpc) is 2.92. The predicted molar refractivity (Wildman–Crippen MR) is 86.0 cm³/mol. The second kappa shape index (κ2) is 7.69. The zero-order chi connectivity index (χ0) is 18.6. The summed E-state index contributed by atoms with van der Waals surface area (Å²) in [4.78, 5) is 12.2. The van der Waals surface area contributed by atoms with Gasteiger partial charge < -0.3 is 10.4 Å². The Morgan fingerprint density at radius 2 is 1.96 bits per heavy atom. The van der Waals surface area contributed by atoms with Crippen molar-refractivity contribution < 1.29 is 23.1 Å². The molecule has 1 unspecified atom stereocenters. The van der Waals surface area contributed by atoms with E-state index < -0.39 is 17.8 Å². The van der Waals surface area contributed by atoms with E-state index >= 15 is 0 Å². The molecule has 5 nitrogen and oxygen atoms in total. The van der Waals surface area contributed by atoms with Gasteiger partial charge in [-0.2, -0.15) is 18.3 Å². The number of hydrogen-bond acceptors (Lipinski definition) is 3. The van der Waals surface area contributed by atoms with E-state index in [0.717, 1.165) is 18.6 Å². The molecule has 0 saturated heterocycles. The van der Waals surface area contributed by atoms with Crippen molar-refractivity contribution in [3.05, 3.63) is 52.8 Å². The molecule has 0 fully saturated rings. The summed E-state index contributed by atoms with van der Waals surface area (Å²) in [5.74, 6) is -0.384. The maximum atomic E-state index is 12.5. The standard InChI is InChI=1S/C17H20F3N3O2/c1-3-8-23-10-14(11(2)22-23)16(25)21-9-15(24)12-4-6-13(7-5-12)17(18,19)20/h4-7,10,15,24H,3,8-9H2,1-2H3,(H,21,25). The SMILES string of the molecule is CCCn1cc(C(=O)NCC(O)c2ccc(C(F)(F)F)cc2)c(C)n1. The molecule has 2 N–H and O–H groups in total. The van der Waals surface area contributed by atoms with Gasteiger partial charge in [-0.3, -0.25) is 9.48 Å². The Morgan fingerprint density at radius 3 is 2.52 bits per heavy atom. The molecule has 0 aliphatic heterocycles. The van der Waals surface area contributed by atoms with Crippen LogP contribution < -0.4 is 5.32 Å². The van der Waals surface area contributed by atoms with Crippen molar-refractivity contribution in [1.82, 2.24) is 15.1 Å². The number of nitrogens with one attached hydrogen (secondary N) is 1. The number of aromatic nitrogens is 2. The van der Waals surface area contributed by atoms with Gasteiger partial charge in [0, 0.05) is 19.3 Å². The van der Waals surface area contributed by atoms with Gasteiger partial charge in [0.25, 0.3) is 5.91 Å². The Labute approximate surface area is 143 Å². The number of carbonyl (C=O) groups is 1. The number of amides is 1. The van der Waals surface area contributed by atoms with Crippen LogP contribution in [0.4, 0.5) is 13.2 Å². The topological polar surface area (TPSA) is 67.2 Å². The summed E-state index contributed by atoms with van der Waals surface area (Å²) in [6.45, 7) is 4.30. The van der Waals surface area contributed by atoms with Crippen molar-refractivity contribution in [3.63, 3.8) is 0 Å². The van der Waals surface area contributed by atoms with Crippen LogP contribution in [0.5, 0.6) is 0 Å². The zero-order valence-corrected chi connectivity index (χ0v) is 14.0. The largest absolute Gasteiger partial charge is 0.416 e. The highest BCUT2D eigenvalue weighted by Gasteiger charge is 2.30. The minimum Gasteiger partial charge on any atom is -0.387 e. The van der Waals surface area contributed by atoms with Gasteiger partial charge in [-0.25, -0.2) is 0 Å². The normalized spacial score (nSPS) is 12.9. The summed E-state index contributed by atoms with van der Waals surface area (Å²) >= 11 is 0. The lowest BCUT2D eigenvalue weighted by molar-refractivity contribution is -0.137. The number of benzene rings is 1. The first-order chi connectivity index (χ1) is 11.7. The Kier molecular flexibility index (Phi) is 5.84. The van der Waals surface area contributed by atoms with Crippen LogP contribution in [0.25, 0.3) is 0 Å². The summed E-state index contributed by atoms with van der Waals surface area (Å²) in [6, 6.07) is 4.20. The van der Waals surface area contributed by atoms with E-state index in [0.29, 0.717) is 23.4 Å². The minimum atomic E-state index is -4.42. The summed E-state index contributed by atoms with van der Waals surface area (Å²) in [7, 11) is 0. The number of aliphatic hydroxyl groups excluding tert-OH is 1. The Balaban J connectivity index is 1.97. The second-order valence-electron chi connectivity index (χ2n) is 5.74. The number of hydrogen-bond donors (Lipinski definition) is 2. The van der Waals surface area contributed by atoms with Gasteiger partial charge in [-0.15, -0.1) is 0 Å². The second-order valence-corrected chi connectivity index (χ2v) is 5.74. The van der Waals surface area contributed by atoms with Crippen molar-refractivity contribution in [2.75, 3.05) is 6.54 Å². The van der Waals surface area contributed by atoms with Crippen LogP contribution in [0.15, 0.2) is 30.5 Å². The summed E-state index contributed by atoms with van der Waals surface area (Å²) in [5.41, 5.74) is 0.501. The molecule has 1 heterocycles. The van der Waals surface area contributed by atoms with E-state index in [-0.39, 0.29) is 12.5 Å². The van der Waals surface area contributed by atoms with Gasteiger partial charge in [-0.05, 0) is 31.0 Å². The van der Waals surface area contributed by atoms with E-state index in [2.05, 4.69) is 10.4 Å². The number of halogens is 3. The van der Waals surface area contributed by atoms with Crippen molar-refractivity contribution in [2.45, 2.75) is 39.1 Å². The number of aryl methyl sites for hydroxylation is 2. The van der Waals surface area contributed by atoms with Crippen molar-refractivity contribution in [2.24, 2.45) is 0 Å². The molecule has 25 heavy (non-hydrogen) atoms. The van der Waals surface area contributed by atoms with E-state index in [1.165, 1.54) is 12.1 Å². The monoisotopic (exact) mass is 355 g/mol. The molecule has 0 radical (unpaired) electrons. The van der Waals surface area contributed by atoms with Crippen LogP contribution in [0.3, 0.4) is 0 Å². The Bertz CT molecular complexity index is 724. The van der Waals surface area contributed by atoms with Crippen LogP contribution in [-0.4, -0.2) is 27.3 Å². The van der Waals surface area contributed by atoms with Crippen molar-refractivity contribution in [3.8, 4) is 0 Å². The highest BCUT2D eigenvalue weighted by Crippen LogP contribution is 2.29. The fourth-order valence-corrected chi connectivity index (χ4v) is 2.38. The first kappa shape index (κ1) is 19.0. The predicted octanol–water partition coefficient (Wildman–Crippen LogP) is 3.08. The van der Waals surface area contributed by atoms with Gasteiger partial charge >= 0.3 is 6.18 Å².